The number of aromatic nitrogens is 3. The SMILES string of the molecule is CCCOC1CCC(NC(=O)c2ccn3c(C)cc(-c4cccnc4)nc23)CC1. The van der Waals surface area contributed by atoms with E-state index in [1.54, 1.807) is 12.4 Å². The summed E-state index contributed by atoms with van der Waals surface area (Å²) in [6.45, 7) is 4.97. The Hall–Kier alpha value is -2.73. The zero-order valence-electron chi connectivity index (χ0n) is 17.1. The average Bonchev–Trinajstić information content (AvgIpc) is 3.19. The maximum Gasteiger partial charge on any atom is 0.255 e. The first-order chi connectivity index (χ1) is 14.2. The Bertz CT molecular complexity index is 975. The van der Waals surface area contributed by atoms with Crippen molar-refractivity contribution < 1.29 is 9.53 Å². The van der Waals surface area contributed by atoms with Crippen LogP contribution in [0.5, 0.6) is 0 Å². The molecule has 1 N–H and O–H groups in total. The Morgan fingerprint density at radius 3 is 2.83 bits per heavy atom. The van der Waals surface area contributed by atoms with Gasteiger partial charge in [0.1, 0.15) is 5.65 Å². The second-order valence-corrected chi connectivity index (χ2v) is 7.77. The smallest absolute Gasteiger partial charge is 0.255 e. The second-order valence-electron chi connectivity index (χ2n) is 7.77. The number of carbonyl (C=O) groups is 1. The van der Waals surface area contributed by atoms with Crippen LogP contribution in [0.3, 0.4) is 0 Å². The first-order valence-electron chi connectivity index (χ1n) is 10.5. The van der Waals surface area contributed by atoms with Crippen LogP contribution in [-0.4, -0.2) is 39.0 Å². The third-order valence-electron chi connectivity index (χ3n) is 5.58. The Labute approximate surface area is 171 Å². The monoisotopic (exact) mass is 392 g/mol. The Kier molecular flexibility index (Phi) is 5.90. The van der Waals surface area contributed by atoms with Gasteiger partial charge in [0, 0.05) is 42.5 Å². The zero-order valence-corrected chi connectivity index (χ0v) is 17.1. The fraction of sp³-hybridized carbons (Fsp3) is 0.435. The van der Waals surface area contributed by atoms with Crippen molar-refractivity contribution in [3.8, 4) is 11.3 Å². The number of ether oxygens (including phenoxy) is 1. The van der Waals surface area contributed by atoms with Gasteiger partial charge in [-0.05, 0) is 63.3 Å². The molecule has 1 aliphatic rings. The molecule has 0 bridgehead atoms. The van der Waals surface area contributed by atoms with Crippen molar-refractivity contribution in [3.05, 3.63) is 54.1 Å². The number of carbonyl (C=O) groups excluding carboxylic acids is 1. The van der Waals surface area contributed by atoms with Gasteiger partial charge >= 0.3 is 0 Å². The lowest BCUT2D eigenvalue weighted by Gasteiger charge is -2.29. The second kappa shape index (κ2) is 8.74. The maximum atomic E-state index is 13.0. The minimum Gasteiger partial charge on any atom is -0.378 e. The zero-order chi connectivity index (χ0) is 20.2. The first-order valence-corrected chi connectivity index (χ1v) is 10.5. The molecule has 0 radical (unpaired) electrons. The van der Waals surface area contributed by atoms with Crippen LogP contribution in [0.15, 0.2) is 42.9 Å². The fourth-order valence-electron chi connectivity index (χ4n) is 4.00. The Morgan fingerprint density at radius 1 is 1.28 bits per heavy atom. The number of nitrogens with one attached hydrogen (secondary N) is 1. The molecule has 0 aliphatic heterocycles. The molecule has 3 heterocycles. The van der Waals surface area contributed by atoms with Crippen molar-refractivity contribution in [3.63, 3.8) is 0 Å². The molecule has 0 unspecified atom stereocenters. The molecule has 0 aromatic carbocycles. The van der Waals surface area contributed by atoms with Gasteiger partial charge in [-0.15, -0.1) is 0 Å². The van der Waals surface area contributed by atoms with E-state index in [0.717, 1.165) is 55.7 Å². The van der Waals surface area contributed by atoms with Gasteiger partial charge < -0.3 is 14.5 Å². The summed E-state index contributed by atoms with van der Waals surface area (Å²) in [6, 6.07) is 7.94. The van der Waals surface area contributed by atoms with Crippen LogP contribution in [0.1, 0.15) is 55.1 Å². The minimum absolute atomic E-state index is 0.0549. The quantitative estimate of drug-likeness (QED) is 0.683. The third-order valence-corrected chi connectivity index (χ3v) is 5.58. The third kappa shape index (κ3) is 4.32. The van der Waals surface area contributed by atoms with Crippen LogP contribution in [0.2, 0.25) is 0 Å². The normalized spacial score (nSPS) is 19.4. The number of pyridine rings is 1. The lowest BCUT2D eigenvalue weighted by atomic mass is 9.92. The molecule has 6 nitrogen and oxygen atoms in total. The summed E-state index contributed by atoms with van der Waals surface area (Å²) in [5.41, 5.74) is 4.09. The van der Waals surface area contributed by atoms with Crippen molar-refractivity contribution >= 4 is 11.6 Å². The van der Waals surface area contributed by atoms with Crippen LogP contribution in [-0.2, 0) is 4.74 Å². The summed E-state index contributed by atoms with van der Waals surface area (Å²) in [5, 5.41) is 3.21. The fourth-order valence-corrected chi connectivity index (χ4v) is 4.00. The summed E-state index contributed by atoms with van der Waals surface area (Å²) in [5.74, 6) is -0.0549. The van der Waals surface area contributed by atoms with Gasteiger partial charge in [0.25, 0.3) is 5.91 Å². The van der Waals surface area contributed by atoms with E-state index in [9.17, 15) is 4.79 Å². The molecule has 152 valence electrons. The van der Waals surface area contributed by atoms with Crippen LogP contribution in [0.25, 0.3) is 16.9 Å². The largest absolute Gasteiger partial charge is 0.378 e. The van der Waals surface area contributed by atoms with E-state index in [0.29, 0.717) is 17.3 Å². The highest BCUT2D eigenvalue weighted by Gasteiger charge is 2.24. The number of rotatable bonds is 6. The van der Waals surface area contributed by atoms with E-state index in [-0.39, 0.29) is 11.9 Å². The first kappa shape index (κ1) is 19.6. The summed E-state index contributed by atoms with van der Waals surface area (Å²) >= 11 is 0. The number of amides is 1. The van der Waals surface area contributed by atoms with Crippen molar-refractivity contribution in [1.82, 2.24) is 19.7 Å². The van der Waals surface area contributed by atoms with E-state index in [2.05, 4.69) is 17.2 Å². The molecule has 29 heavy (non-hydrogen) atoms. The molecule has 1 saturated carbocycles. The molecule has 1 fully saturated rings. The standard InChI is InChI=1S/C23H28N4O2/c1-3-13-29-19-8-6-18(7-9-19)25-23(28)20-10-12-27-16(2)14-21(26-22(20)27)17-5-4-11-24-15-17/h4-5,10-12,14-15,18-19H,3,6-9,13H2,1-2H3,(H,25,28). The van der Waals surface area contributed by atoms with Crippen LogP contribution in [0, 0.1) is 6.92 Å². The van der Waals surface area contributed by atoms with Gasteiger partial charge in [-0.2, -0.15) is 0 Å². The molecule has 6 heteroatoms. The summed E-state index contributed by atoms with van der Waals surface area (Å²) in [6.07, 6.45) is 10.8. The molecule has 0 atom stereocenters. The van der Waals surface area contributed by atoms with Crippen LogP contribution >= 0.6 is 0 Å². The van der Waals surface area contributed by atoms with E-state index >= 15 is 0 Å². The Morgan fingerprint density at radius 2 is 2.10 bits per heavy atom. The van der Waals surface area contributed by atoms with E-state index < -0.39 is 0 Å². The molecule has 1 amide bonds. The molecule has 4 rings (SSSR count). The average molecular weight is 393 g/mol. The number of hydrogen-bond donors (Lipinski definition) is 1. The van der Waals surface area contributed by atoms with Gasteiger partial charge in [0.05, 0.1) is 17.4 Å². The topological polar surface area (TPSA) is 68.5 Å². The molecule has 0 spiro atoms. The molecule has 0 saturated heterocycles. The van der Waals surface area contributed by atoms with Crippen LogP contribution in [0.4, 0.5) is 0 Å². The lowest BCUT2D eigenvalue weighted by molar-refractivity contribution is 0.0227. The molecule has 1 aliphatic carbocycles. The molecule has 3 aromatic rings. The summed E-state index contributed by atoms with van der Waals surface area (Å²) in [4.78, 5) is 21.9. The van der Waals surface area contributed by atoms with E-state index in [4.69, 9.17) is 9.72 Å². The number of nitrogens with zero attached hydrogens (tertiary/aromatic N) is 3. The van der Waals surface area contributed by atoms with Gasteiger partial charge in [-0.1, -0.05) is 6.92 Å². The summed E-state index contributed by atoms with van der Waals surface area (Å²) in [7, 11) is 0. The lowest BCUT2D eigenvalue weighted by Crippen LogP contribution is -2.39. The molecular formula is C23H28N4O2. The minimum atomic E-state index is -0.0549. The predicted molar refractivity (Wildman–Crippen MR) is 113 cm³/mol. The maximum absolute atomic E-state index is 13.0. The van der Waals surface area contributed by atoms with E-state index in [1.165, 1.54) is 0 Å². The van der Waals surface area contributed by atoms with Crippen LogP contribution < -0.4 is 5.32 Å². The number of hydrogen-bond acceptors (Lipinski definition) is 4. The Balaban J connectivity index is 1.50. The summed E-state index contributed by atoms with van der Waals surface area (Å²) < 4.78 is 7.82. The van der Waals surface area contributed by atoms with Gasteiger partial charge in [-0.3, -0.25) is 9.78 Å². The highest BCUT2D eigenvalue weighted by Crippen LogP contribution is 2.24. The highest BCUT2D eigenvalue weighted by atomic mass is 16.5. The number of fused-ring (bicyclic) bond motifs is 1. The predicted octanol–water partition coefficient (Wildman–Crippen LogP) is 4.17. The van der Waals surface area contributed by atoms with Crippen molar-refractivity contribution in [2.75, 3.05) is 6.61 Å². The van der Waals surface area contributed by atoms with Crippen molar-refractivity contribution in [2.45, 2.75) is 58.1 Å². The van der Waals surface area contributed by atoms with Crippen molar-refractivity contribution in [1.29, 1.82) is 0 Å². The molecular weight excluding hydrogens is 364 g/mol. The van der Waals surface area contributed by atoms with Gasteiger partial charge in [-0.25, -0.2) is 4.98 Å². The number of aryl methyl sites for hydroxylation is 1. The van der Waals surface area contributed by atoms with Crippen molar-refractivity contribution in [2.24, 2.45) is 0 Å². The van der Waals surface area contributed by atoms with Gasteiger partial charge in [0.15, 0.2) is 0 Å². The van der Waals surface area contributed by atoms with E-state index in [1.807, 2.05) is 41.8 Å². The molecule has 3 aromatic heterocycles. The van der Waals surface area contributed by atoms with Gasteiger partial charge in [0.2, 0.25) is 0 Å². The highest BCUT2D eigenvalue weighted by molar-refractivity contribution is 6.00.